The van der Waals surface area contributed by atoms with Crippen LogP contribution in [0.5, 0.6) is 0 Å². The number of unbranched alkanes of at least 4 members (excludes halogenated alkanes) is 4. The molecule has 4 heterocycles. The van der Waals surface area contributed by atoms with Crippen LogP contribution in [0, 0.1) is 0 Å². The van der Waals surface area contributed by atoms with Crippen molar-refractivity contribution in [2.75, 3.05) is 26.4 Å². The average molecular weight is 843 g/mol. The molecule has 0 spiro atoms. The minimum atomic E-state index is -1.94. The van der Waals surface area contributed by atoms with E-state index in [0.29, 0.717) is 6.42 Å². The van der Waals surface area contributed by atoms with Gasteiger partial charge in [0.2, 0.25) is 11.8 Å². The molecular formula is C36H62N2O20. The number of aliphatic hydroxyl groups excluding tert-OH is 10. The smallest absolute Gasteiger partial charge is 0.217 e. The summed E-state index contributed by atoms with van der Waals surface area (Å²) in [6, 6.07) is -2.85. The quantitative estimate of drug-likeness (QED) is 0.0427. The summed E-state index contributed by atoms with van der Waals surface area (Å²) in [4.78, 5) is 24.8. The molecule has 336 valence electrons. The zero-order valence-electron chi connectivity index (χ0n) is 32.8. The molecule has 22 nitrogen and oxygen atoms in total. The number of carbonyl (C=O) groups excluding carboxylic acids is 2. The second-order valence-corrected chi connectivity index (χ2v) is 14.9. The summed E-state index contributed by atoms with van der Waals surface area (Å²) in [6.07, 6.45) is -24.1. The fourth-order valence-electron chi connectivity index (χ4n) is 7.33. The van der Waals surface area contributed by atoms with Crippen LogP contribution in [0.3, 0.4) is 0 Å². The van der Waals surface area contributed by atoms with Crippen molar-refractivity contribution in [3.8, 4) is 0 Å². The van der Waals surface area contributed by atoms with Gasteiger partial charge in [0.15, 0.2) is 25.2 Å². The highest BCUT2D eigenvalue weighted by Gasteiger charge is 2.57. The van der Waals surface area contributed by atoms with Crippen LogP contribution in [0.2, 0.25) is 0 Å². The summed E-state index contributed by atoms with van der Waals surface area (Å²) < 4.78 is 47.9. The third kappa shape index (κ3) is 11.9. The predicted molar refractivity (Wildman–Crippen MR) is 193 cm³/mol. The molecule has 0 bridgehead atoms. The van der Waals surface area contributed by atoms with Gasteiger partial charge in [0.25, 0.3) is 0 Å². The molecule has 4 aliphatic rings. The van der Waals surface area contributed by atoms with Crippen molar-refractivity contribution in [1.82, 2.24) is 10.6 Å². The van der Waals surface area contributed by atoms with Gasteiger partial charge in [-0.15, -0.1) is 6.58 Å². The molecule has 4 fully saturated rings. The minimum absolute atomic E-state index is 0.145. The number of nitrogens with one attached hydrogen (secondary N) is 2. The molecule has 20 atom stereocenters. The lowest BCUT2D eigenvalue weighted by molar-refractivity contribution is -0.397. The number of allylic oxidation sites excluding steroid dienone is 1. The molecule has 0 radical (unpaired) electrons. The highest BCUT2D eigenvalue weighted by Crippen LogP contribution is 2.36. The molecule has 0 aliphatic carbocycles. The SMILES string of the molecule is C=CCCCCCCO[C@@H]1O[C@H](CO)[C@@H](O)[C@H](O[C@@H]2O[C@H](CO)[C@H](O)[C@H](O[C@H]3O[C@H](CO)[C@H](O)[C@H](O)[C@H]3NC(C)=O)[C@H]2O[C@@H]2O[C@@H](C)[C@@H](O)[C@@H](O)[C@@H]2O)[C@H]1NC(C)=O. The van der Waals surface area contributed by atoms with Crippen LogP contribution >= 0.6 is 0 Å². The fourth-order valence-corrected chi connectivity index (χ4v) is 7.33. The Morgan fingerprint density at radius 2 is 1.09 bits per heavy atom. The summed E-state index contributed by atoms with van der Waals surface area (Å²) in [5.41, 5.74) is 0. The zero-order valence-corrected chi connectivity index (χ0v) is 32.8. The molecule has 58 heavy (non-hydrogen) atoms. The van der Waals surface area contributed by atoms with E-state index in [2.05, 4.69) is 17.2 Å². The van der Waals surface area contributed by atoms with Crippen molar-refractivity contribution in [2.45, 2.75) is 176 Å². The number of amides is 2. The summed E-state index contributed by atoms with van der Waals surface area (Å²) in [5.74, 6) is -1.30. The van der Waals surface area contributed by atoms with E-state index in [1.807, 2.05) is 6.08 Å². The van der Waals surface area contributed by atoms with Gasteiger partial charge < -0.3 is 99.6 Å². The van der Waals surface area contributed by atoms with E-state index < -0.39 is 154 Å². The largest absolute Gasteiger partial charge is 0.394 e. The Hall–Kier alpha value is -2.04. The van der Waals surface area contributed by atoms with Gasteiger partial charge >= 0.3 is 0 Å². The van der Waals surface area contributed by atoms with Crippen LogP contribution in [0.4, 0.5) is 0 Å². The van der Waals surface area contributed by atoms with E-state index in [4.69, 9.17) is 37.9 Å². The Labute approximate surface area is 335 Å². The standard InChI is InChI=1S/C36H62N2O20/c1-5-6-7-8-9-10-11-51-33-22(38-17(4)43)30(25(46)19(13-40)53-33)56-36-32(58-35-29(50)28(49)23(44)15(2)52-35)31(26(47)20(14-41)55-36)57-34-21(37-16(3)42)27(48)24(45)18(12-39)54-34/h5,15,18-36,39-41,44-50H,1,6-14H2,2-4H3,(H,37,42)(H,38,43)/t15-,18+,19+,20+,21+,22+,23+,24-,25+,26-,27+,28+,29-,30+,31-,32+,33+,34+,35-,36-/m0/s1. The number of hydrogen-bond acceptors (Lipinski definition) is 20. The highest BCUT2D eigenvalue weighted by atomic mass is 16.8. The number of carbonyl (C=O) groups is 2. The van der Waals surface area contributed by atoms with E-state index in [0.717, 1.165) is 32.6 Å². The zero-order chi connectivity index (χ0) is 42.8. The Morgan fingerprint density at radius 3 is 1.69 bits per heavy atom. The molecule has 0 saturated carbocycles. The van der Waals surface area contributed by atoms with Gasteiger partial charge in [-0.05, 0) is 26.2 Å². The van der Waals surface area contributed by atoms with E-state index in [-0.39, 0.29) is 6.61 Å². The second kappa shape index (κ2) is 22.7. The molecule has 4 rings (SSSR count). The third-order valence-electron chi connectivity index (χ3n) is 10.5. The Kier molecular flexibility index (Phi) is 19.0. The van der Waals surface area contributed by atoms with Crippen molar-refractivity contribution in [3.05, 3.63) is 12.7 Å². The molecule has 0 aromatic rings. The minimum Gasteiger partial charge on any atom is -0.394 e. The highest BCUT2D eigenvalue weighted by molar-refractivity contribution is 5.73. The maximum absolute atomic E-state index is 12.6. The first-order chi connectivity index (χ1) is 27.6. The molecule has 4 saturated heterocycles. The van der Waals surface area contributed by atoms with Crippen LogP contribution < -0.4 is 10.6 Å². The van der Waals surface area contributed by atoms with E-state index in [9.17, 15) is 60.7 Å². The maximum Gasteiger partial charge on any atom is 0.217 e. The Morgan fingerprint density at radius 1 is 0.569 bits per heavy atom. The first-order valence-corrected chi connectivity index (χ1v) is 19.5. The van der Waals surface area contributed by atoms with Gasteiger partial charge in [-0.2, -0.15) is 0 Å². The molecule has 12 N–H and O–H groups in total. The molecule has 0 unspecified atom stereocenters. The van der Waals surface area contributed by atoms with Crippen LogP contribution in [-0.2, 0) is 47.5 Å². The maximum atomic E-state index is 12.6. The van der Waals surface area contributed by atoms with Crippen LogP contribution in [-0.4, -0.2) is 212 Å². The number of hydrogen-bond donors (Lipinski definition) is 12. The van der Waals surface area contributed by atoms with Gasteiger partial charge in [-0.1, -0.05) is 18.9 Å². The average Bonchev–Trinajstić information content (AvgIpc) is 3.18. The number of aliphatic hydroxyl groups is 10. The number of ether oxygens (including phenoxy) is 8. The lowest BCUT2D eigenvalue weighted by Gasteiger charge is -2.51. The lowest BCUT2D eigenvalue weighted by atomic mass is 9.94. The Balaban J connectivity index is 1.73. The summed E-state index contributed by atoms with van der Waals surface area (Å²) >= 11 is 0. The van der Waals surface area contributed by atoms with Crippen LogP contribution in [0.25, 0.3) is 0 Å². The van der Waals surface area contributed by atoms with Gasteiger partial charge in [0.05, 0.1) is 25.9 Å². The summed E-state index contributed by atoms with van der Waals surface area (Å²) in [6.45, 7) is 5.04. The van der Waals surface area contributed by atoms with Crippen molar-refractivity contribution in [2.24, 2.45) is 0 Å². The summed E-state index contributed by atoms with van der Waals surface area (Å²) in [5, 5.41) is 112. The van der Waals surface area contributed by atoms with Crippen molar-refractivity contribution in [3.63, 3.8) is 0 Å². The normalized spacial score (nSPS) is 43.4. The van der Waals surface area contributed by atoms with Crippen LogP contribution in [0.15, 0.2) is 12.7 Å². The molecule has 22 heteroatoms. The predicted octanol–water partition coefficient (Wildman–Crippen LogP) is -5.27. The fraction of sp³-hybridized carbons (Fsp3) is 0.889. The first kappa shape index (κ1) is 48.6. The second-order valence-electron chi connectivity index (χ2n) is 14.9. The van der Waals surface area contributed by atoms with E-state index in [1.165, 1.54) is 13.8 Å². The van der Waals surface area contributed by atoms with E-state index in [1.54, 1.807) is 0 Å². The molecule has 0 aromatic heterocycles. The topological polar surface area (TPSA) is 334 Å². The monoisotopic (exact) mass is 842 g/mol. The number of rotatable bonds is 19. The lowest BCUT2D eigenvalue weighted by Crippen LogP contribution is -2.70. The van der Waals surface area contributed by atoms with Crippen molar-refractivity contribution < 1.29 is 98.5 Å². The van der Waals surface area contributed by atoms with E-state index >= 15 is 0 Å². The van der Waals surface area contributed by atoms with Gasteiger partial charge in [-0.25, -0.2) is 0 Å². The molecule has 0 aromatic carbocycles. The summed E-state index contributed by atoms with van der Waals surface area (Å²) in [7, 11) is 0. The molecule has 2 amide bonds. The molecular weight excluding hydrogens is 780 g/mol. The van der Waals surface area contributed by atoms with Gasteiger partial charge in [-0.3, -0.25) is 9.59 Å². The first-order valence-electron chi connectivity index (χ1n) is 19.5. The van der Waals surface area contributed by atoms with Crippen molar-refractivity contribution >= 4 is 11.8 Å². The molecule has 4 aliphatic heterocycles. The van der Waals surface area contributed by atoms with Gasteiger partial charge in [0, 0.05) is 20.5 Å². The van der Waals surface area contributed by atoms with Crippen molar-refractivity contribution in [1.29, 1.82) is 0 Å². The van der Waals surface area contributed by atoms with Crippen LogP contribution in [0.1, 0.15) is 52.9 Å². The van der Waals surface area contributed by atoms with Gasteiger partial charge in [0.1, 0.15) is 91.4 Å². The Bertz CT molecular complexity index is 1290. The third-order valence-corrected chi connectivity index (χ3v) is 10.5.